The maximum atomic E-state index is 13.4. The van der Waals surface area contributed by atoms with Gasteiger partial charge in [-0.3, -0.25) is 0 Å². The highest BCUT2D eigenvalue weighted by Crippen LogP contribution is 2.24. The molecule has 2 aromatic rings. The third kappa shape index (κ3) is 3.28. The highest BCUT2D eigenvalue weighted by atomic mass is 35.5. The third-order valence-electron chi connectivity index (χ3n) is 2.75. The normalized spacial score (nSPS) is 12.5. The van der Waals surface area contributed by atoms with Gasteiger partial charge in [0.25, 0.3) is 0 Å². The van der Waals surface area contributed by atoms with Crippen LogP contribution in [-0.4, -0.2) is 5.11 Å². The summed E-state index contributed by atoms with van der Waals surface area (Å²) in [6.07, 6.45) is -1.28. The van der Waals surface area contributed by atoms with Crippen LogP contribution in [0.1, 0.15) is 17.2 Å². The average molecular weight is 287 g/mol. The van der Waals surface area contributed by atoms with Crippen molar-refractivity contribution in [3.8, 4) is 0 Å². The second-order valence-corrected chi connectivity index (χ2v) is 4.54. The summed E-state index contributed by atoms with van der Waals surface area (Å²) in [6, 6.07) is 6.80. The Bertz CT molecular complexity index is 601. The molecule has 0 aliphatic heterocycles. The second-order valence-electron chi connectivity index (χ2n) is 4.13. The van der Waals surface area contributed by atoms with Crippen molar-refractivity contribution in [3.05, 3.63) is 70.0 Å². The van der Waals surface area contributed by atoms with Crippen molar-refractivity contribution >= 4 is 11.6 Å². The van der Waals surface area contributed by atoms with E-state index in [2.05, 4.69) is 0 Å². The molecule has 5 heteroatoms. The van der Waals surface area contributed by atoms with Crippen LogP contribution in [0.4, 0.5) is 13.2 Å². The zero-order valence-electron chi connectivity index (χ0n) is 9.71. The molecule has 1 unspecified atom stereocenters. The molecule has 1 nitrogen and oxygen atoms in total. The molecule has 0 bridgehead atoms. The van der Waals surface area contributed by atoms with E-state index >= 15 is 0 Å². The van der Waals surface area contributed by atoms with Crippen LogP contribution in [0, 0.1) is 17.5 Å². The van der Waals surface area contributed by atoms with Crippen molar-refractivity contribution in [2.24, 2.45) is 0 Å². The summed E-state index contributed by atoms with van der Waals surface area (Å²) in [5.74, 6) is -1.88. The maximum absolute atomic E-state index is 13.4. The largest absolute Gasteiger partial charge is 0.388 e. The van der Waals surface area contributed by atoms with Gasteiger partial charge in [0.2, 0.25) is 0 Å². The molecule has 0 aliphatic rings. The molecule has 0 saturated heterocycles. The van der Waals surface area contributed by atoms with E-state index in [1.54, 1.807) is 0 Å². The molecule has 0 amide bonds. The Morgan fingerprint density at radius 1 is 1.00 bits per heavy atom. The Balaban J connectivity index is 2.22. The molecular weight excluding hydrogens is 277 g/mol. The van der Waals surface area contributed by atoms with Gasteiger partial charge in [-0.05, 0) is 41.5 Å². The second kappa shape index (κ2) is 5.63. The summed E-state index contributed by atoms with van der Waals surface area (Å²) in [4.78, 5) is 0. The summed E-state index contributed by atoms with van der Waals surface area (Å²) < 4.78 is 39.7. The molecule has 2 aromatic carbocycles. The lowest BCUT2D eigenvalue weighted by molar-refractivity contribution is 0.176. The minimum absolute atomic E-state index is 0.0304. The van der Waals surface area contributed by atoms with Gasteiger partial charge in [-0.2, -0.15) is 0 Å². The molecule has 100 valence electrons. The Labute approximate surface area is 113 Å². The number of hydrogen-bond acceptors (Lipinski definition) is 1. The van der Waals surface area contributed by atoms with Crippen LogP contribution < -0.4 is 0 Å². The Kier molecular flexibility index (Phi) is 4.12. The summed E-state index contributed by atoms with van der Waals surface area (Å²) in [7, 11) is 0. The average Bonchev–Trinajstić information content (AvgIpc) is 2.37. The van der Waals surface area contributed by atoms with Crippen LogP contribution >= 0.6 is 11.6 Å². The SMILES string of the molecule is OC(Cc1cc(F)ccc1F)c1ccc(Cl)c(F)c1. The van der Waals surface area contributed by atoms with Gasteiger partial charge in [0, 0.05) is 6.42 Å². The molecule has 0 spiro atoms. The third-order valence-corrected chi connectivity index (χ3v) is 3.06. The molecule has 2 rings (SSSR count). The smallest absolute Gasteiger partial charge is 0.142 e. The van der Waals surface area contributed by atoms with Gasteiger partial charge in [-0.25, -0.2) is 13.2 Å². The van der Waals surface area contributed by atoms with E-state index in [4.69, 9.17) is 11.6 Å². The minimum atomic E-state index is -1.14. The first-order valence-electron chi connectivity index (χ1n) is 5.54. The number of rotatable bonds is 3. The van der Waals surface area contributed by atoms with E-state index in [0.29, 0.717) is 0 Å². The van der Waals surface area contributed by atoms with E-state index in [1.165, 1.54) is 12.1 Å². The number of benzene rings is 2. The highest BCUT2D eigenvalue weighted by molar-refractivity contribution is 6.30. The zero-order chi connectivity index (χ0) is 14.0. The quantitative estimate of drug-likeness (QED) is 0.903. The van der Waals surface area contributed by atoms with Crippen LogP contribution in [0.2, 0.25) is 5.02 Å². The fraction of sp³-hybridized carbons (Fsp3) is 0.143. The molecule has 1 atom stereocenters. The van der Waals surface area contributed by atoms with Crippen LogP contribution in [0.5, 0.6) is 0 Å². The fourth-order valence-electron chi connectivity index (χ4n) is 1.75. The van der Waals surface area contributed by atoms with Gasteiger partial charge >= 0.3 is 0 Å². The lowest BCUT2D eigenvalue weighted by Gasteiger charge is -2.12. The van der Waals surface area contributed by atoms with E-state index in [0.717, 1.165) is 24.3 Å². The Morgan fingerprint density at radius 3 is 2.42 bits per heavy atom. The van der Waals surface area contributed by atoms with Gasteiger partial charge in [0.1, 0.15) is 17.5 Å². The summed E-state index contributed by atoms with van der Waals surface area (Å²) >= 11 is 5.53. The predicted octanol–water partition coefficient (Wildman–Crippen LogP) is 4.03. The molecule has 1 N–H and O–H groups in total. The van der Waals surface area contributed by atoms with Crippen LogP contribution in [0.15, 0.2) is 36.4 Å². The van der Waals surface area contributed by atoms with Crippen molar-refractivity contribution in [1.29, 1.82) is 0 Å². The topological polar surface area (TPSA) is 20.2 Å². The van der Waals surface area contributed by atoms with E-state index in [-0.39, 0.29) is 22.6 Å². The van der Waals surface area contributed by atoms with E-state index in [9.17, 15) is 18.3 Å². The molecule has 0 fully saturated rings. The molecule has 0 aliphatic carbocycles. The standard InChI is InChI=1S/C14H10ClF3O/c15-11-3-1-8(6-13(11)18)14(19)7-9-5-10(16)2-4-12(9)17/h1-6,14,19H,7H2. The van der Waals surface area contributed by atoms with Gasteiger partial charge in [-0.15, -0.1) is 0 Å². The van der Waals surface area contributed by atoms with Gasteiger partial charge < -0.3 is 5.11 Å². The lowest BCUT2D eigenvalue weighted by Crippen LogP contribution is -2.04. The number of aliphatic hydroxyl groups is 1. The molecule has 19 heavy (non-hydrogen) atoms. The molecule has 0 radical (unpaired) electrons. The van der Waals surface area contributed by atoms with Crippen molar-refractivity contribution in [2.75, 3.05) is 0 Å². The lowest BCUT2D eigenvalue weighted by atomic mass is 10.0. The first-order valence-corrected chi connectivity index (χ1v) is 5.92. The monoisotopic (exact) mass is 286 g/mol. The maximum Gasteiger partial charge on any atom is 0.142 e. The van der Waals surface area contributed by atoms with Crippen molar-refractivity contribution in [2.45, 2.75) is 12.5 Å². The number of halogens is 4. The Morgan fingerprint density at radius 2 is 1.74 bits per heavy atom. The van der Waals surface area contributed by atoms with Crippen LogP contribution in [-0.2, 0) is 6.42 Å². The highest BCUT2D eigenvalue weighted by Gasteiger charge is 2.14. The Hall–Kier alpha value is -1.52. The van der Waals surface area contributed by atoms with Crippen molar-refractivity contribution in [1.82, 2.24) is 0 Å². The zero-order valence-corrected chi connectivity index (χ0v) is 10.5. The van der Waals surface area contributed by atoms with Crippen LogP contribution in [0.25, 0.3) is 0 Å². The molecule has 0 aromatic heterocycles. The van der Waals surface area contributed by atoms with E-state index in [1.807, 2.05) is 0 Å². The predicted molar refractivity (Wildman–Crippen MR) is 66.4 cm³/mol. The van der Waals surface area contributed by atoms with E-state index < -0.39 is 23.6 Å². The molecule has 0 saturated carbocycles. The van der Waals surface area contributed by atoms with Crippen LogP contribution in [0.3, 0.4) is 0 Å². The minimum Gasteiger partial charge on any atom is -0.388 e. The van der Waals surface area contributed by atoms with Gasteiger partial charge in [0.15, 0.2) is 0 Å². The summed E-state index contributed by atoms with van der Waals surface area (Å²) in [6.45, 7) is 0. The molecule has 0 heterocycles. The van der Waals surface area contributed by atoms with Crippen molar-refractivity contribution < 1.29 is 18.3 Å². The summed E-state index contributed by atoms with van der Waals surface area (Å²) in [5.41, 5.74) is 0.286. The van der Waals surface area contributed by atoms with Gasteiger partial charge in [0.05, 0.1) is 11.1 Å². The van der Waals surface area contributed by atoms with Crippen molar-refractivity contribution in [3.63, 3.8) is 0 Å². The van der Waals surface area contributed by atoms with Gasteiger partial charge in [-0.1, -0.05) is 17.7 Å². The first-order chi connectivity index (χ1) is 8.97. The first kappa shape index (κ1) is 13.9. The molecular formula is C14H10ClF3O. The summed E-state index contributed by atoms with van der Waals surface area (Å²) in [5, 5.41) is 9.84. The number of aliphatic hydroxyl groups excluding tert-OH is 1. The number of hydrogen-bond donors (Lipinski definition) is 1. The fourth-order valence-corrected chi connectivity index (χ4v) is 1.86.